The van der Waals surface area contributed by atoms with Gasteiger partial charge in [-0.05, 0) is 25.1 Å². The van der Waals surface area contributed by atoms with E-state index in [0.29, 0.717) is 24.9 Å². The largest absolute Gasteiger partial charge is 0.492 e. The molecule has 0 saturated heterocycles. The molecule has 0 unspecified atom stereocenters. The number of hydrogen-bond donors (Lipinski definition) is 1. The van der Waals surface area contributed by atoms with Crippen LogP contribution in [0.3, 0.4) is 0 Å². The molecule has 1 aromatic rings. The fourth-order valence-electron chi connectivity index (χ4n) is 1.21. The SMILES string of the molecule is CC(CCl)(CCl)NCCOc1cccc(Br)c1. The van der Waals surface area contributed by atoms with E-state index in [1.807, 2.05) is 31.2 Å². The quantitative estimate of drug-likeness (QED) is 0.604. The molecule has 0 aliphatic rings. The Morgan fingerprint density at radius 3 is 2.65 bits per heavy atom. The Kier molecular flexibility index (Phi) is 6.63. The highest BCUT2D eigenvalue weighted by atomic mass is 79.9. The van der Waals surface area contributed by atoms with Gasteiger partial charge in [0.15, 0.2) is 0 Å². The van der Waals surface area contributed by atoms with Crippen LogP contribution >= 0.6 is 39.1 Å². The van der Waals surface area contributed by atoms with Gasteiger partial charge < -0.3 is 10.1 Å². The topological polar surface area (TPSA) is 21.3 Å². The van der Waals surface area contributed by atoms with Crippen LogP contribution in [0, 0.1) is 0 Å². The molecule has 0 fully saturated rings. The molecule has 17 heavy (non-hydrogen) atoms. The molecule has 0 heterocycles. The fraction of sp³-hybridized carbons (Fsp3) is 0.500. The molecule has 1 aromatic carbocycles. The second-order valence-electron chi connectivity index (χ2n) is 4.06. The predicted octanol–water partition coefficient (Wildman–Crippen LogP) is 3.65. The Morgan fingerprint density at radius 2 is 2.06 bits per heavy atom. The van der Waals surface area contributed by atoms with E-state index in [-0.39, 0.29) is 5.54 Å². The average molecular weight is 341 g/mol. The van der Waals surface area contributed by atoms with Crippen molar-refractivity contribution in [1.29, 1.82) is 0 Å². The van der Waals surface area contributed by atoms with Gasteiger partial charge in [-0.2, -0.15) is 0 Å². The zero-order valence-electron chi connectivity index (χ0n) is 9.68. The van der Waals surface area contributed by atoms with Crippen LogP contribution in [0.1, 0.15) is 6.92 Å². The first-order valence-corrected chi connectivity index (χ1v) is 7.21. The number of nitrogens with one attached hydrogen (secondary N) is 1. The van der Waals surface area contributed by atoms with Crippen LogP contribution in [0.4, 0.5) is 0 Å². The van der Waals surface area contributed by atoms with E-state index in [1.165, 1.54) is 0 Å². The number of alkyl halides is 2. The Labute approximate surface area is 121 Å². The second-order valence-corrected chi connectivity index (χ2v) is 5.51. The lowest BCUT2D eigenvalue weighted by atomic mass is 10.1. The minimum Gasteiger partial charge on any atom is -0.492 e. The fourth-order valence-corrected chi connectivity index (χ4v) is 2.06. The standard InChI is InChI=1S/C12H16BrCl2NO/c1-12(8-14,9-15)16-5-6-17-11-4-2-3-10(13)7-11/h2-4,7,16H,5-6,8-9H2,1H3. The highest BCUT2D eigenvalue weighted by molar-refractivity contribution is 9.10. The van der Waals surface area contributed by atoms with E-state index in [2.05, 4.69) is 21.2 Å². The summed E-state index contributed by atoms with van der Waals surface area (Å²) in [6, 6.07) is 7.76. The molecule has 0 spiro atoms. The second kappa shape index (κ2) is 7.47. The molecule has 0 amide bonds. The first-order chi connectivity index (χ1) is 8.09. The van der Waals surface area contributed by atoms with Crippen molar-refractivity contribution in [2.75, 3.05) is 24.9 Å². The lowest BCUT2D eigenvalue weighted by Crippen LogP contribution is -2.47. The lowest BCUT2D eigenvalue weighted by Gasteiger charge is -2.25. The van der Waals surface area contributed by atoms with E-state index in [0.717, 1.165) is 10.2 Å². The van der Waals surface area contributed by atoms with Gasteiger partial charge in [0, 0.05) is 28.3 Å². The lowest BCUT2D eigenvalue weighted by molar-refractivity contribution is 0.293. The molecule has 96 valence electrons. The van der Waals surface area contributed by atoms with Gasteiger partial charge in [0.2, 0.25) is 0 Å². The third-order valence-corrected chi connectivity index (χ3v) is 3.98. The van der Waals surface area contributed by atoms with Gasteiger partial charge in [0.1, 0.15) is 12.4 Å². The molecule has 1 N–H and O–H groups in total. The van der Waals surface area contributed by atoms with Crippen molar-refractivity contribution in [2.45, 2.75) is 12.5 Å². The van der Waals surface area contributed by atoms with Crippen LogP contribution in [0.2, 0.25) is 0 Å². The molecular formula is C12H16BrCl2NO. The summed E-state index contributed by atoms with van der Waals surface area (Å²) in [6.45, 7) is 3.29. The molecule has 1 rings (SSSR count). The number of hydrogen-bond acceptors (Lipinski definition) is 2. The molecule has 0 bridgehead atoms. The summed E-state index contributed by atoms with van der Waals surface area (Å²) in [5.41, 5.74) is -0.232. The number of rotatable bonds is 7. The van der Waals surface area contributed by atoms with Gasteiger partial charge in [0.05, 0.1) is 0 Å². The summed E-state index contributed by atoms with van der Waals surface area (Å²) in [7, 11) is 0. The number of ether oxygens (including phenoxy) is 1. The van der Waals surface area contributed by atoms with Gasteiger partial charge in [-0.1, -0.05) is 22.0 Å². The summed E-state index contributed by atoms with van der Waals surface area (Å²) in [5.74, 6) is 1.81. The van der Waals surface area contributed by atoms with E-state index >= 15 is 0 Å². The summed E-state index contributed by atoms with van der Waals surface area (Å²) >= 11 is 15.1. The smallest absolute Gasteiger partial charge is 0.120 e. The molecular weight excluding hydrogens is 325 g/mol. The van der Waals surface area contributed by atoms with Crippen LogP contribution in [0.25, 0.3) is 0 Å². The Balaban J connectivity index is 2.29. The number of benzene rings is 1. The normalized spacial score (nSPS) is 11.5. The summed E-state index contributed by atoms with van der Waals surface area (Å²) in [6.07, 6.45) is 0. The van der Waals surface area contributed by atoms with Gasteiger partial charge in [0.25, 0.3) is 0 Å². The van der Waals surface area contributed by atoms with Gasteiger partial charge >= 0.3 is 0 Å². The van der Waals surface area contributed by atoms with Crippen LogP contribution in [0.15, 0.2) is 28.7 Å². The molecule has 0 radical (unpaired) electrons. The van der Waals surface area contributed by atoms with Crippen molar-refractivity contribution in [3.05, 3.63) is 28.7 Å². The van der Waals surface area contributed by atoms with Gasteiger partial charge in [-0.25, -0.2) is 0 Å². The summed E-state index contributed by atoms with van der Waals surface area (Å²) in [4.78, 5) is 0. The monoisotopic (exact) mass is 339 g/mol. The molecule has 5 heteroatoms. The zero-order chi connectivity index (χ0) is 12.7. The number of halogens is 3. The Bertz CT molecular complexity index is 345. The van der Waals surface area contributed by atoms with Crippen molar-refractivity contribution in [2.24, 2.45) is 0 Å². The third kappa shape index (κ3) is 5.47. The maximum Gasteiger partial charge on any atom is 0.120 e. The zero-order valence-corrected chi connectivity index (χ0v) is 12.8. The first-order valence-electron chi connectivity index (χ1n) is 5.35. The van der Waals surface area contributed by atoms with Crippen molar-refractivity contribution < 1.29 is 4.74 Å². The minimum atomic E-state index is -0.232. The summed E-state index contributed by atoms with van der Waals surface area (Å²) in [5, 5.41) is 3.28. The Morgan fingerprint density at radius 1 is 1.35 bits per heavy atom. The van der Waals surface area contributed by atoms with E-state index < -0.39 is 0 Å². The van der Waals surface area contributed by atoms with Crippen LogP contribution < -0.4 is 10.1 Å². The average Bonchev–Trinajstić information content (AvgIpc) is 2.34. The highest BCUT2D eigenvalue weighted by Crippen LogP contribution is 2.17. The van der Waals surface area contributed by atoms with E-state index in [1.54, 1.807) is 0 Å². The Hall–Kier alpha value is 0.0400. The van der Waals surface area contributed by atoms with Crippen molar-refractivity contribution in [3.63, 3.8) is 0 Å². The maximum absolute atomic E-state index is 5.83. The van der Waals surface area contributed by atoms with E-state index in [9.17, 15) is 0 Å². The predicted molar refractivity (Wildman–Crippen MR) is 77.5 cm³/mol. The molecule has 0 aliphatic heterocycles. The molecule has 0 aliphatic carbocycles. The maximum atomic E-state index is 5.83. The van der Waals surface area contributed by atoms with Crippen molar-refractivity contribution in [3.8, 4) is 5.75 Å². The van der Waals surface area contributed by atoms with Crippen LogP contribution in [-0.4, -0.2) is 30.5 Å². The van der Waals surface area contributed by atoms with Crippen molar-refractivity contribution >= 4 is 39.1 Å². The van der Waals surface area contributed by atoms with E-state index in [4.69, 9.17) is 27.9 Å². The molecule has 0 atom stereocenters. The highest BCUT2D eigenvalue weighted by Gasteiger charge is 2.20. The molecule has 2 nitrogen and oxygen atoms in total. The minimum absolute atomic E-state index is 0.232. The third-order valence-electron chi connectivity index (χ3n) is 2.31. The first kappa shape index (κ1) is 15.1. The van der Waals surface area contributed by atoms with Crippen molar-refractivity contribution in [1.82, 2.24) is 5.32 Å². The van der Waals surface area contributed by atoms with Gasteiger partial charge in [-0.3, -0.25) is 0 Å². The molecule has 0 saturated carbocycles. The molecule has 0 aromatic heterocycles. The van der Waals surface area contributed by atoms with Crippen LogP contribution in [0.5, 0.6) is 5.75 Å². The van der Waals surface area contributed by atoms with Gasteiger partial charge in [-0.15, -0.1) is 23.2 Å². The summed E-state index contributed by atoms with van der Waals surface area (Å²) < 4.78 is 6.60. The van der Waals surface area contributed by atoms with Crippen LogP contribution in [-0.2, 0) is 0 Å².